The van der Waals surface area contributed by atoms with Crippen LogP contribution < -0.4 is 0 Å². The van der Waals surface area contributed by atoms with Crippen molar-refractivity contribution in [2.45, 2.75) is 130 Å². The predicted octanol–water partition coefficient (Wildman–Crippen LogP) is 7.96. The van der Waals surface area contributed by atoms with Gasteiger partial charge in [-0.05, 0) is 76.0 Å². The molecule has 2 aliphatic carbocycles. The molecule has 0 heterocycles. The Morgan fingerprint density at radius 3 is 1.79 bits per heavy atom. The van der Waals surface area contributed by atoms with E-state index in [-0.39, 0.29) is 24.7 Å². The Balaban J connectivity index is 1.71. The second kappa shape index (κ2) is 17.9. The maximum Gasteiger partial charge on any atom is 0.336 e. The minimum Gasteiger partial charge on any atom is -0.462 e. The lowest BCUT2D eigenvalue weighted by Crippen LogP contribution is -2.27. The third-order valence-electron chi connectivity index (χ3n) is 9.16. The highest BCUT2D eigenvalue weighted by Gasteiger charge is 2.31. The van der Waals surface area contributed by atoms with Crippen LogP contribution in [0.5, 0.6) is 0 Å². The number of hydrogen-bond acceptors (Lipinski definition) is 5. The van der Waals surface area contributed by atoms with E-state index in [4.69, 9.17) is 9.47 Å². The maximum absolute atomic E-state index is 12.1. The Morgan fingerprint density at radius 1 is 0.789 bits per heavy atom. The normalized spacial score (nSPS) is 25.3. The number of ether oxygens (including phenoxy) is 2. The number of carbonyl (C=O) groups excluding carboxylic acids is 2. The van der Waals surface area contributed by atoms with Crippen molar-refractivity contribution < 1.29 is 24.2 Å². The summed E-state index contributed by atoms with van der Waals surface area (Å²) in [5.41, 5.74) is 0.407. The summed E-state index contributed by atoms with van der Waals surface area (Å²) in [6.07, 6.45) is 20.4. The Hall–Kier alpha value is -1.62. The third kappa shape index (κ3) is 12.1. The molecule has 0 aromatic heterocycles. The summed E-state index contributed by atoms with van der Waals surface area (Å²) >= 11 is 0. The van der Waals surface area contributed by atoms with E-state index in [2.05, 4.69) is 20.1 Å². The molecule has 2 atom stereocenters. The quantitative estimate of drug-likeness (QED) is 0.117. The zero-order valence-electron chi connectivity index (χ0n) is 24.7. The van der Waals surface area contributed by atoms with Gasteiger partial charge < -0.3 is 14.6 Å². The van der Waals surface area contributed by atoms with Crippen LogP contribution in [-0.2, 0) is 19.1 Å². The number of aliphatic hydroxyl groups is 1. The van der Waals surface area contributed by atoms with Gasteiger partial charge in [-0.25, -0.2) is 9.59 Å². The monoisotopic (exact) mass is 532 g/mol. The van der Waals surface area contributed by atoms with Gasteiger partial charge in [0.25, 0.3) is 0 Å². The molecule has 2 aliphatic rings. The molecular weight excluding hydrogens is 476 g/mol. The van der Waals surface area contributed by atoms with Crippen LogP contribution in [0.2, 0.25) is 0 Å². The zero-order valence-corrected chi connectivity index (χ0v) is 24.7. The number of hydrogen-bond donors (Lipinski definition) is 1. The lowest BCUT2D eigenvalue weighted by molar-refractivity contribution is -0.145. The van der Waals surface area contributed by atoms with Crippen LogP contribution in [0.25, 0.3) is 0 Å². The molecule has 2 saturated carbocycles. The van der Waals surface area contributed by atoms with Crippen LogP contribution in [0.15, 0.2) is 24.3 Å². The highest BCUT2D eigenvalue weighted by atomic mass is 16.5. The number of esters is 2. The number of rotatable bonds is 17. The molecule has 0 aliphatic heterocycles. The average Bonchev–Trinajstić information content (AvgIpc) is 2.92. The summed E-state index contributed by atoms with van der Waals surface area (Å²) in [4.78, 5) is 24.0. The van der Waals surface area contributed by atoms with Crippen LogP contribution in [0, 0.1) is 29.6 Å². The molecule has 0 saturated heterocycles. The van der Waals surface area contributed by atoms with Crippen molar-refractivity contribution in [3.05, 3.63) is 24.3 Å². The molecule has 0 spiro atoms. The molecule has 2 fully saturated rings. The first kappa shape index (κ1) is 32.6. The molecule has 5 heteroatoms. The fourth-order valence-electron chi connectivity index (χ4n) is 6.39. The van der Waals surface area contributed by atoms with E-state index < -0.39 is 18.0 Å². The number of unbranched alkanes of at least 4 members (excludes halogenated alkanes) is 4. The van der Waals surface area contributed by atoms with Crippen molar-refractivity contribution in [3.8, 4) is 0 Å². The van der Waals surface area contributed by atoms with E-state index in [0.29, 0.717) is 11.5 Å². The summed E-state index contributed by atoms with van der Waals surface area (Å²) in [5.74, 6) is 2.42. The van der Waals surface area contributed by atoms with Crippen LogP contribution in [-0.4, -0.2) is 36.4 Å². The fourth-order valence-corrected chi connectivity index (χ4v) is 6.39. The first-order chi connectivity index (χ1) is 18.2. The maximum atomic E-state index is 12.1. The highest BCUT2D eigenvalue weighted by Crippen LogP contribution is 2.43. The van der Waals surface area contributed by atoms with Gasteiger partial charge in [-0.15, -0.1) is 0 Å². The van der Waals surface area contributed by atoms with Crippen LogP contribution in [0.1, 0.15) is 124 Å². The van der Waals surface area contributed by atoms with E-state index in [1.165, 1.54) is 96.8 Å². The molecule has 0 radical (unpaired) electrons. The van der Waals surface area contributed by atoms with Crippen molar-refractivity contribution in [3.63, 3.8) is 0 Å². The van der Waals surface area contributed by atoms with Gasteiger partial charge in [0.2, 0.25) is 0 Å². The minimum atomic E-state index is -0.942. The summed E-state index contributed by atoms with van der Waals surface area (Å²) in [5, 5.41) is 9.58. The first-order valence-corrected chi connectivity index (χ1v) is 15.6. The molecule has 1 N–H and O–H groups in total. The van der Waals surface area contributed by atoms with Crippen LogP contribution >= 0.6 is 0 Å². The van der Waals surface area contributed by atoms with Gasteiger partial charge in [0.15, 0.2) is 0 Å². The highest BCUT2D eigenvalue weighted by molar-refractivity contribution is 5.88. The molecule has 0 aromatic rings. The second-order valence-corrected chi connectivity index (χ2v) is 12.4. The number of carbonyl (C=O) groups is 2. The summed E-state index contributed by atoms with van der Waals surface area (Å²) in [6.45, 7) is 13.0. The molecule has 2 unspecified atom stereocenters. The first-order valence-electron chi connectivity index (χ1n) is 15.6. The standard InChI is InChI=1S/C33H56O5/c1-6-7-8-9-10-11-27-14-18-30(19-15-27)31-20-16-28(17-21-31)12-13-29(22-37-32(35)24(2)3)23-38-33(36)25(4)26(5)34/h26-31,34H,2,4,6-23H2,1,3,5H3. The van der Waals surface area contributed by atoms with Gasteiger partial charge in [-0.3, -0.25) is 0 Å². The van der Waals surface area contributed by atoms with Crippen molar-refractivity contribution in [2.75, 3.05) is 13.2 Å². The molecule has 38 heavy (non-hydrogen) atoms. The topological polar surface area (TPSA) is 72.8 Å². The molecule has 218 valence electrons. The van der Waals surface area contributed by atoms with Crippen molar-refractivity contribution in [1.29, 1.82) is 0 Å². The van der Waals surface area contributed by atoms with E-state index in [1.54, 1.807) is 6.92 Å². The average molecular weight is 533 g/mol. The smallest absolute Gasteiger partial charge is 0.336 e. The SMILES string of the molecule is C=C(C)C(=O)OCC(CCC1CCC(C2CCC(CCCCCCC)CC2)CC1)COC(=O)C(=C)C(C)O. The Kier molecular flexibility index (Phi) is 15.3. The van der Waals surface area contributed by atoms with Crippen molar-refractivity contribution >= 4 is 11.9 Å². The molecule has 0 bridgehead atoms. The van der Waals surface area contributed by atoms with E-state index in [1.807, 2.05) is 0 Å². The molecule has 0 aromatic carbocycles. The Labute approximate surface area is 232 Å². The Morgan fingerprint density at radius 2 is 1.29 bits per heavy atom. The minimum absolute atomic E-state index is 0.0435. The van der Waals surface area contributed by atoms with E-state index >= 15 is 0 Å². The summed E-state index contributed by atoms with van der Waals surface area (Å²) in [7, 11) is 0. The van der Waals surface area contributed by atoms with Gasteiger partial charge >= 0.3 is 11.9 Å². The molecule has 2 rings (SSSR count). The van der Waals surface area contributed by atoms with Gasteiger partial charge in [0.05, 0.1) is 24.9 Å². The molecule has 0 amide bonds. The zero-order chi connectivity index (χ0) is 27.9. The van der Waals surface area contributed by atoms with Crippen LogP contribution in [0.3, 0.4) is 0 Å². The summed E-state index contributed by atoms with van der Waals surface area (Å²) in [6, 6.07) is 0. The predicted molar refractivity (Wildman–Crippen MR) is 155 cm³/mol. The fraction of sp³-hybridized carbons (Fsp3) is 0.818. The molecular formula is C33H56O5. The number of aliphatic hydroxyl groups excluding tert-OH is 1. The summed E-state index contributed by atoms with van der Waals surface area (Å²) < 4.78 is 10.8. The Bertz CT molecular complexity index is 726. The van der Waals surface area contributed by atoms with Crippen molar-refractivity contribution in [1.82, 2.24) is 0 Å². The molecule has 5 nitrogen and oxygen atoms in total. The van der Waals surface area contributed by atoms with Gasteiger partial charge in [-0.2, -0.15) is 0 Å². The largest absolute Gasteiger partial charge is 0.462 e. The van der Waals surface area contributed by atoms with Crippen LogP contribution in [0.4, 0.5) is 0 Å². The van der Waals surface area contributed by atoms with Gasteiger partial charge in [-0.1, -0.05) is 84.3 Å². The van der Waals surface area contributed by atoms with E-state index in [0.717, 1.165) is 30.6 Å². The lowest BCUT2D eigenvalue weighted by Gasteiger charge is -2.38. The lowest BCUT2D eigenvalue weighted by atomic mass is 9.68. The van der Waals surface area contributed by atoms with Gasteiger partial charge in [0, 0.05) is 11.5 Å². The van der Waals surface area contributed by atoms with Crippen molar-refractivity contribution in [2.24, 2.45) is 29.6 Å². The van der Waals surface area contributed by atoms with Gasteiger partial charge in [0.1, 0.15) is 0 Å². The third-order valence-corrected chi connectivity index (χ3v) is 9.16. The van der Waals surface area contributed by atoms with E-state index in [9.17, 15) is 14.7 Å². The second-order valence-electron chi connectivity index (χ2n) is 12.4.